The number of Topliss-reactive ketones (excluding diaryl/α,β-unsaturated/α-hetero) is 1. The number of rotatable bonds is 3. The van der Waals surface area contributed by atoms with E-state index in [1.165, 1.54) is 18.5 Å². The van der Waals surface area contributed by atoms with Crippen LogP contribution in [0.3, 0.4) is 0 Å². The molecule has 1 aromatic heterocycles. The van der Waals surface area contributed by atoms with E-state index in [-0.39, 0.29) is 5.78 Å². The second-order valence-corrected chi connectivity index (χ2v) is 5.53. The van der Waals surface area contributed by atoms with Crippen molar-refractivity contribution in [3.8, 4) is 5.69 Å². The van der Waals surface area contributed by atoms with E-state index in [1.807, 2.05) is 29.1 Å². The molecule has 2 aromatic rings. The third-order valence-electron chi connectivity index (χ3n) is 3.20. The molecule has 0 atom stereocenters. The Kier molecular flexibility index (Phi) is 2.82. The molecular weight excluding hydrogens is 292 g/mol. The van der Waals surface area contributed by atoms with Gasteiger partial charge in [-0.25, -0.2) is 4.68 Å². The van der Waals surface area contributed by atoms with Crippen molar-refractivity contribution in [2.24, 2.45) is 0 Å². The maximum atomic E-state index is 11.4. The zero-order chi connectivity index (χ0) is 12.7. The first-order chi connectivity index (χ1) is 8.65. The summed E-state index contributed by atoms with van der Waals surface area (Å²) in [6, 6.07) is 7.76. The Morgan fingerprint density at radius 1 is 1.39 bits per heavy atom. The molecule has 1 heterocycles. The smallest absolute Gasteiger partial charge is 0.160 e. The van der Waals surface area contributed by atoms with E-state index >= 15 is 0 Å². The molecule has 0 unspecified atom stereocenters. The monoisotopic (exact) mass is 304 g/mol. The van der Waals surface area contributed by atoms with Crippen molar-refractivity contribution in [2.75, 3.05) is 0 Å². The standard InChI is InChI=1S/C14H13BrN2O/c1-9(18)12-5-4-11(8-13(12)15)17-7-6-14(16-17)10-2-3-10/h4-8,10H,2-3H2,1H3. The predicted molar refractivity (Wildman–Crippen MR) is 73.2 cm³/mol. The highest BCUT2D eigenvalue weighted by Crippen LogP contribution is 2.39. The zero-order valence-corrected chi connectivity index (χ0v) is 11.6. The van der Waals surface area contributed by atoms with Crippen LogP contribution in [0.1, 0.15) is 41.7 Å². The molecule has 1 saturated carbocycles. The lowest BCUT2D eigenvalue weighted by Gasteiger charge is -2.05. The summed E-state index contributed by atoms with van der Waals surface area (Å²) in [6.45, 7) is 1.57. The summed E-state index contributed by atoms with van der Waals surface area (Å²) in [7, 11) is 0. The second kappa shape index (κ2) is 4.35. The van der Waals surface area contributed by atoms with Gasteiger partial charge in [0.25, 0.3) is 0 Å². The molecule has 1 fully saturated rings. The van der Waals surface area contributed by atoms with Gasteiger partial charge in [0.2, 0.25) is 0 Å². The maximum absolute atomic E-state index is 11.4. The Balaban J connectivity index is 1.95. The highest BCUT2D eigenvalue weighted by molar-refractivity contribution is 9.10. The molecule has 3 rings (SSSR count). The van der Waals surface area contributed by atoms with Crippen LogP contribution in [0, 0.1) is 0 Å². The van der Waals surface area contributed by atoms with Crippen LogP contribution in [0.25, 0.3) is 5.69 Å². The van der Waals surface area contributed by atoms with Gasteiger partial charge in [-0.3, -0.25) is 4.79 Å². The van der Waals surface area contributed by atoms with E-state index in [0.29, 0.717) is 11.5 Å². The molecule has 4 heteroatoms. The Bertz CT molecular complexity index is 614. The lowest BCUT2D eigenvalue weighted by Crippen LogP contribution is -1.99. The fraction of sp³-hybridized carbons (Fsp3) is 0.286. The van der Waals surface area contributed by atoms with Crippen LogP contribution in [-0.4, -0.2) is 15.6 Å². The minimum absolute atomic E-state index is 0.0626. The quantitative estimate of drug-likeness (QED) is 0.810. The topological polar surface area (TPSA) is 34.9 Å². The first-order valence-corrected chi connectivity index (χ1v) is 6.81. The number of ketones is 1. The molecule has 0 aliphatic heterocycles. The Hall–Kier alpha value is -1.42. The zero-order valence-electron chi connectivity index (χ0n) is 10.1. The van der Waals surface area contributed by atoms with Gasteiger partial charge in [-0.15, -0.1) is 0 Å². The molecule has 1 aliphatic carbocycles. The number of carbonyl (C=O) groups is 1. The molecule has 0 amide bonds. The molecule has 0 radical (unpaired) electrons. The number of hydrogen-bond donors (Lipinski definition) is 0. The summed E-state index contributed by atoms with van der Waals surface area (Å²) < 4.78 is 2.68. The first-order valence-electron chi connectivity index (χ1n) is 6.01. The van der Waals surface area contributed by atoms with Gasteiger partial charge in [-0.2, -0.15) is 5.10 Å². The van der Waals surface area contributed by atoms with Gasteiger partial charge in [0, 0.05) is 22.2 Å². The van der Waals surface area contributed by atoms with E-state index in [0.717, 1.165) is 10.2 Å². The number of aromatic nitrogens is 2. The van der Waals surface area contributed by atoms with E-state index < -0.39 is 0 Å². The van der Waals surface area contributed by atoms with Gasteiger partial charge in [-0.1, -0.05) is 0 Å². The lowest BCUT2D eigenvalue weighted by molar-refractivity contribution is 0.101. The minimum atomic E-state index is 0.0626. The molecule has 0 saturated heterocycles. The van der Waals surface area contributed by atoms with E-state index in [9.17, 15) is 4.79 Å². The van der Waals surface area contributed by atoms with Crippen molar-refractivity contribution in [2.45, 2.75) is 25.7 Å². The number of halogens is 1. The number of carbonyl (C=O) groups excluding carboxylic acids is 1. The summed E-state index contributed by atoms with van der Waals surface area (Å²) in [5.41, 5.74) is 2.84. The number of benzene rings is 1. The van der Waals surface area contributed by atoms with Crippen molar-refractivity contribution in [1.82, 2.24) is 9.78 Å². The highest BCUT2D eigenvalue weighted by Gasteiger charge is 2.25. The van der Waals surface area contributed by atoms with Crippen LogP contribution >= 0.6 is 15.9 Å². The summed E-state index contributed by atoms with van der Waals surface area (Å²) in [5, 5.41) is 4.57. The number of nitrogens with zero attached hydrogens (tertiary/aromatic N) is 2. The van der Waals surface area contributed by atoms with E-state index in [1.54, 1.807) is 6.92 Å². The Morgan fingerprint density at radius 2 is 2.17 bits per heavy atom. The summed E-state index contributed by atoms with van der Waals surface area (Å²) in [6.07, 6.45) is 4.48. The van der Waals surface area contributed by atoms with Gasteiger partial charge in [-0.05, 0) is 60.0 Å². The molecular formula is C14H13BrN2O. The van der Waals surface area contributed by atoms with Crippen molar-refractivity contribution in [3.05, 3.63) is 46.2 Å². The van der Waals surface area contributed by atoms with Gasteiger partial charge >= 0.3 is 0 Å². The molecule has 92 valence electrons. The van der Waals surface area contributed by atoms with Gasteiger partial charge < -0.3 is 0 Å². The van der Waals surface area contributed by atoms with Crippen molar-refractivity contribution in [1.29, 1.82) is 0 Å². The van der Waals surface area contributed by atoms with Crippen LogP contribution in [0.2, 0.25) is 0 Å². The first kappa shape index (κ1) is 11.7. The molecule has 18 heavy (non-hydrogen) atoms. The largest absolute Gasteiger partial charge is 0.294 e. The summed E-state index contributed by atoms with van der Waals surface area (Å²) in [4.78, 5) is 11.4. The van der Waals surface area contributed by atoms with Gasteiger partial charge in [0.1, 0.15) is 0 Å². The van der Waals surface area contributed by atoms with Gasteiger partial charge in [0.05, 0.1) is 11.4 Å². The highest BCUT2D eigenvalue weighted by atomic mass is 79.9. The molecule has 0 N–H and O–H groups in total. The average Bonchev–Trinajstić information content (AvgIpc) is 3.06. The lowest BCUT2D eigenvalue weighted by atomic mass is 10.1. The molecule has 1 aliphatic rings. The van der Waals surface area contributed by atoms with Crippen LogP contribution < -0.4 is 0 Å². The Labute approximate surface area is 114 Å². The third-order valence-corrected chi connectivity index (χ3v) is 3.86. The van der Waals surface area contributed by atoms with Crippen molar-refractivity contribution >= 4 is 21.7 Å². The van der Waals surface area contributed by atoms with Crippen molar-refractivity contribution in [3.63, 3.8) is 0 Å². The molecule has 0 spiro atoms. The summed E-state index contributed by atoms with van der Waals surface area (Å²) in [5.74, 6) is 0.721. The Morgan fingerprint density at radius 3 is 2.78 bits per heavy atom. The third kappa shape index (κ3) is 2.12. The van der Waals surface area contributed by atoms with Crippen LogP contribution in [-0.2, 0) is 0 Å². The van der Waals surface area contributed by atoms with Crippen LogP contribution in [0.15, 0.2) is 34.9 Å². The van der Waals surface area contributed by atoms with E-state index in [4.69, 9.17) is 0 Å². The molecule has 3 nitrogen and oxygen atoms in total. The fourth-order valence-electron chi connectivity index (χ4n) is 2.01. The summed E-state index contributed by atoms with van der Waals surface area (Å²) >= 11 is 3.43. The van der Waals surface area contributed by atoms with E-state index in [2.05, 4.69) is 27.1 Å². The normalized spacial score (nSPS) is 14.8. The van der Waals surface area contributed by atoms with Crippen LogP contribution in [0.4, 0.5) is 0 Å². The van der Waals surface area contributed by atoms with Crippen molar-refractivity contribution < 1.29 is 4.79 Å². The number of hydrogen-bond acceptors (Lipinski definition) is 2. The predicted octanol–water partition coefficient (Wildman–Crippen LogP) is 3.71. The average molecular weight is 305 g/mol. The molecule has 0 bridgehead atoms. The molecule has 1 aromatic carbocycles. The SMILES string of the molecule is CC(=O)c1ccc(-n2ccc(C3CC3)n2)cc1Br. The second-order valence-electron chi connectivity index (χ2n) is 4.68. The van der Waals surface area contributed by atoms with Crippen LogP contribution in [0.5, 0.6) is 0 Å². The fourth-order valence-corrected chi connectivity index (χ4v) is 2.66. The van der Waals surface area contributed by atoms with Gasteiger partial charge in [0.15, 0.2) is 5.78 Å². The maximum Gasteiger partial charge on any atom is 0.160 e. The minimum Gasteiger partial charge on any atom is -0.294 e.